The first-order valence-corrected chi connectivity index (χ1v) is 7.04. The summed E-state index contributed by atoms with van der Waals surface area (Å²) in [4.78, 5) is 12.2. The third-order valence-corrected chi connectivity index (χ3v) is 2.90. The molecular weight excluding hydrogens is 290 g/mol. The fourth-order valence-electron chi connectivity index (χ4n) is 1.93. The molecule has 0 unspecified atom stereocenters. The van der Waals surface area contributed by atoms with Crippen LogP contribution < -0.4 is 5.73 Å². The van der Waals surface area contributed by atoms with Crippen molar-refractivity contribution in [3.8, 4) is 11.8 Å². The van der Waals surface area contributed by atoms with Crippen molar-refractivity contribution in [2.75, 3.05) is 6.67 Å². The van der Waals surface area contributed by atoms with Crippen LogP contribution in [0, 0.1) is 11.8 Å². The lowest BCUT2D eigenvalue weighted by atomic mass is 10.1. The van der Waals surface area contributed by atoms with Gasteiger partial charge in [0, 0.05) is 24.0 Å². The quantitative estimate of drug-likeness (QED) is 0.512. The fourth-order valence-corrected chi connectivity index (χ4v) is 1.93. The van der Waals surface area contributed by atoms with Gasteiger partial charge in [-0.05, 0) is 44.7 Å². The van der Waals surface area contributed by atoms with Gasteiger partial charge in [-0.2, -0.15) is 0 Å². The second-order valence-corrected chi connectivity index (χ2v) is 5.32. The van der Waals surface area contributed by atoms with Crippen LogP contribution >= 0.6 is 0 Å². The summed E-state index contributed by atoms with van der Waals surface area (Å²) >= 11 is 0. The SMILES string of the molecule is C=N/C=C\C(=N/CN)n1ccc2cnc(C#CC(C)(C)O)cc21. The van der Waals surface area contributed by atoms with Gasteiger partial charge in [-0.15, -0.1) is 0 Å². The first-order valence-electron chi connectivity index (χ1n) is 7.04. The highest BCUT2D eigenvalue weighted by molar-refractivity contribution is 6.01. The summed E-state index contributed by atoms with van der Waals surface area (Å²) in [6.45, 7) is 6.82. The number of fused-ring (bicyclic) bond motifs is 1. The summed E-state index contributed by atoms with van der Waals surface area (Å²) in [5.41, 5.74) is 5.92. The molecule has 118 valence electrons. The fraction of sp³-hybridized carbons (Fsp3) is 0.235. The van der Waals surface area contributed by atoms with Crippen molar-refractivity contribution < 1.29 is 5.11 Å². The zero-order valence-electron chi connectivity index (χ0n) is 13.2. The van der Waals surface area contributed by atoms with Crippen molar-refractivity contribution in [2.24, 2.45) is 15.7 Å². The van der Waals surface area contributed by atoms with Crippen LogP contribution in [0.4, 0.5) is 0 Å². The van der Waals surface area contributed by atoms with E-state index < -0.39 is 5.60 Å². The van der Waals surface area contributed by atoms with Gasteiger partial charge in [0.05, 0.1) is 12.2 Å². The number of aliphatic imine (C=N–C) groups is 2. The third-order valence-electron chi connectivity index (χ3n) is 2.90. The van der Waals surface area contributed by atoms with Crippen LogP contribution in [-0.2, 0) is 0 Å². The Kier molecular flexibility index (Phi) is 5.06. The minimum Gasteiger partial charge on any atom is -0.378 e. The van der Waals surface area contributed by atoms with Gasteiger partial charge in [0.25, 0.3) is 0 Å². The second kappa shape index (κ2) is 7.01. The first-order chi connectivity index (χ1) is 10.9. The minimum atomic E-state index is -1.07. The van der Waals surface area contributed by atoms with E-state index in [1.165, 1.54) is 0 Å². The lowest BCUT2D eigenvalue weighted by molar-refractivity contribution is 0.143. The zero-order chi connectivity index (χ0) is 16.9. The Labute approximate surface area is 135 Å². The molecule has 3 N–H and O–H groups in total. The van der Waals surface area contributed by atoms with Gasteiger partial charge in [0.1, 0.15) is 17.1 Å². The highest BCUT2D eigenvalue weighted by Crippen LogP contribution is 2.16. The number of aliphatic hydroxyl groups is 1. The van der Waals surface area contributed by atoms with Crippen LogP contribution in [0.25, 0.3) is 10.9 Å². The van der Waals surface area contributed by atoms with E-state index >= 15 is 0 Å². The molecule has 0 spiro atoms. The molecule has 0 aliphatic rings. The monoisotopic (exact) mass is 309 g/mol. The lowest BCUT2D eigenvalue weighted by Crippen LogP contribution is -2.14. The van der Waals surface area contributed by atoms with Gasteiger partial charge in [-0.25, -0.2) is 4.98 Å². The van der Waals surface area contributed by atoms with Crippen LogP contribution in [0.3, 0.4) is 0 Å². The van der Waals surface area contributed by atoms with Gasteiger partial charge in [-0.1, -0.05) is 5.92 Å². The van der Waals surface area contributed by atoms with Gasteiger partial charge in [-0.3, -0.25) is 9.98 Å². The Balaban J connectivity index is 2.53. The molecule has 0 aromatic carbocycles. The summed E-state index contributed by atoms with van der Waals surface area (Å²) in [5.74, 6) is 6.26. The summed E-state index contributed by atoms with van der Waals surface area (Å²) in [6.07, 6.45) is 6.88. The maximum absolute atomic E-state index is 9.70. The average molecular weight is 309 g/mol. The van der Waals surface area contributed by atoms with E-state index in [0.29, 0.717) is 11.5 Å². The number of nitrogens with two attached hydrogens (primary N) is 1. The molecule has 0 saturated heterocycles. The summed E-state index contributed by atoms with van der Waals surface area (Å²) in [6, 6.07) is 3.77. The number of pyridine rings is 1. The molecule has 0 fully saturated rings. The predicted octanol–water partition coefficient (Wildman–Crippen LogP) is 1.54. The van der Waals surface area contributed by atoms with E-state index in [1.54, 1.807) is 32.3 Å². The van der Waals surface area contributed by atoms with E-state index in [1.807, 2.05) is 22.9 Å². The zero-order valence-corrected chi connectivity index (χ0v) is 13.2. The maximum Gasteiger partial charge on any atom is 0.135 e. The Morgan fingerprint density at radius 2 is 2.35 bits per heavy atom. The minimum absolute atomic E-state index is 0.160. The highest BCUT2D eigenvalue weighted by Gasteiger charge is 2.08. The van der Waals surface area contributed by atoms with Gasteiger partial charge in [0.2, 0.25) is 0 Å². The summed E-state index contributed by atoms with van der Waals surface area (Å²) in [5, 5.41) is 10.6. The molecule has 6 heteroatoms. The van der Waals surface area contributed by atoms with Crippen LogP contribution in [0.5, 0.6) is 0 Å². The molecule has 23 heavy (non-hydrogen) atoms. The van der Waals surface area contributed by atoms with E-state index in [2.05, 4.69) is 33.5 Å². The van der Waals surface area contributed by atoms with Crippen molar-refractivity contribution in [3.05, 3.63) is 42.5 Å². The van der Waals surface area contributed by atoms with Crippen molar-refractivity contribution in [3.63, 3.8) is 0 Å². The molecular formula is C17H19N5O. The largest absolute Gasteiger partial charge is 0.378 e. The van der Waals surface area contributed by atoms with E-state index in [-0.39, 0.29) is 6.67 Å². The van der Waals surface area contributed by atoms with Crippen molar-refractivity contribution in [1.82, 2.24) is 9.55 Å². The number of hydrogen-bond acceptors (Lipinski definition) is 5. The predicted molar refractivity (Wildman–Crippen MR) is 93.5 cm³/mol. The average Bonchev–Trinajstić information content (AvgIpc) is 2.92. The number of allylic oxidation sites excluding steroid dienone is 1. The van der Waals surface area contributed by atoms with E-state index in [9.17, 15) is 5.11 Å². The lowest BCUT2D eigenvalue weighted by Gasteiger charge is -2.07. The Bertz CT molecular complexity index is 828. The number of rotatable bonds is 3. The standard InChI is InChI=1S/C17H19N5O/c1-17(2,23)7-4-14-10-15-13(11-20-14)6-9-22(15)16(21-12-18)5-8-19-3/h5-6,8-11,23H,3,12,18H2,1-2H3/b8-5-,21-16+. The Hall–Kier alpha value is -2.75. The molecule has 2 heterocycles. The molecule has 2 rings (SSSR count). The molecule has 0 saturated carbocycles. The van der Waals surface area contributed by atoms with Gasteiger partial charge >= 0.3 is 0 Å². The van der Waals surface area contributed by atoms with Gasteiger partial charge in [0.15, 0.2) is 0 Å². The topological polar surface area (TPSA) is 88.8 Å². The van der Waals surface area contributed by atoms with Crippen molar-refractivity contribution in [1.29, 1.82) is 0 Å². The van der Waals surface area contributed by atoms with E-state index in [0.717, 1.165) is 10.9 Å². The molecule has 0 amide bonds. The highest BCUT2D eigenvalue weighted by atomic mass is 16.3. The van der Waals surface area contributed by atoms with Gasteiger partial charge < -0.3 is 15.4 Å². The molecule has 0 atom stereocenters. The van der Waals surface area contributed by atoms with Crippen LogP contribution in [-0.4, -0.2) is 39.5 Å². The maximum atomic E-state index is 9.70. The van der Waals surface area contributed by atoms with Crippen molar-refractivity contribution in [2.45, 2.75) is 19.4 Å². The summed E-state index contributed by atoms with van der Waals surface area (Å²) in [7, 11) is 0. The second-order valence-electron chi connectivity index (χ2n) is 5.32. The third kappa shape index (κ3) is 4.36. The number of aromatic nitrogens is 2. The van der Waals surface area contributed by atoms with Crippen LogP contribution in [0.1, 0.15) is 19.5 Å². The smallest absolute Gasteiger partial charge is 0.135 e. The first kappa shape index (κ1) is 16.6. The normalized spacial score (nSPS) is 12.4. The van der Waals surface area contributed by atoms with Crippen molar-refractivity contribution >= 4 is 23.5 Å². The van der Waals surface area contributed by atoms with Crippen LogP contribution in [0.15, 0.2) is 46.8 Å². The molecule has 2 aromatic rings. The number of hydrogen-bond donors (Lipinski definition) is 2. The Morgan fingerprint density at radius 1 is 1.57 bits per heavy atom. The van der Waals surface area contributed by atoms with E-state index in [4.69, 9.17) is 5.73 Å². The molecule has 2 aromatic heterocycles. The Morgan fingerprint density at radius 3 is 3.00 bits per heavy atom. The molecule has 0 bridgehead atoms. The molecule has 0 aliphatic heterocycles. The van der Waals surface area contributed by atoms with Crippen LogP contribution in [0.2, 0.25) is 0 Å². The number of nitrogens with zero attached hydrogens (tertiary/aromatic N) is 4. The summed E-state index contributed by atoms with van der Waals surface area (Å²) < 4.78 is 1.88. The molecule has 0 aliphatic carbocycles. The molecule has 6 nitrogen and oxygen atoms in total. The molecule has 0 radical (unpaired) electrons.